The van der Waals surface area contributed by atoms with Crippen LogP contribution < -0.4 is 9.47 Å². The van der Waals surface area contributed by atoms with Crippen molar-refractivity contribution in [1.82, 2.24) is 9.88 Å². The van der Waals surface area contributed by atoms with Crippen LogP contribution in [0, 0.1) is 0 Å². The van der Waals surface area contributed by atoms with E-state index >= 15 is 0 Å². The topological polar surface area (TPSA) is 64.8 Å². The molecule has 6 nitrogen and oxygen atoms in total. The predicted molar refractivity (Wildman–Crippen MR) is 106 cm³/mol. The minimum atomic E-state index is -0.123. The Morgan fingerprint density at radius 1 is 1.04 bits per heavy atom. The van der Waals surface area contributed by atoms with Crippen LogP contribution in [0.15, 0.2) is 40.8 Å². The van der Waals surface area contributed by atoms with Crippen molar-refractivity contribution in [2.75, 3.05) is 20.3 Å². The van der Waals surface area contributed by atoms with Crippen molar-refractivity contribution in [3.8, 4) is 11.5 Å². The molecular formula is C22H24N2O4. The van der Waals surface area contributed by atoms with E-state index in [9.17, 15) is 4.79 Å². The number of carbonyl (C=O) groups is 1. The summed E-state index contributed by atoms with van der Waals surface area (Å²) in [7, 11) is 1.80. The van der Waals surface area contributed by atoms with Crippen molar-refractivity contribution in [2.45, 2.75) is 32.7 Å². The van der Waals surface area contributed by atoms with Crippen molar-refractivity contribution >= 4 is 17.0 Å². The van der Waals surface area contributed by atoms with E-state index in [0.717, 1.165) is 17.1 Å². The van der Waals surface area contributed by atoms with Crippen molar-refractivity contribution in [2.24, 2.45) is 0 Å². The number of nitrogens with zero attached hydrogens (tertiary/aromatic N) is 2. The van der Waals surface area contributed by atoms with Gasteiger partial charge in [0.1, 0.15) is 18.7 Å². The summed E-state index contributed by atoms with van der Waals surface area (Å²) in [6.45, 7) is 7.15. The SMILES string of the molecule is CC(C)c1nc2cc(C(=O)N(C)C(C)c3ccc4c(c3)OCCO4)ccc2o1. The molecule has 0 saturated carbocycles. The number of amides is 1. The highest BCUT2D eigenvalue weighted by molar-refractivity contribution is 5.97. The number of rotatable bonds is 4. The third kappa shape index (κ3) is 3.30. The highest BCUT2D eigenvalue weighted by Crippen LogP contribution is 2.34. The van der Waals surface area contributed by atoms with Crippen LogP contribution in [0.5, 0.6) is 11.5 Å². The van der Waals surface area contributed by atoms with Crippen LogP contribution in [0.2, 0.25) is 0 Å². The summed E-state index contributed by atoms with van der Waals surface area (Å²) in [4.78, 5) is 19.3. The lowest BCUT2D eigenvalue weighted by molar-refractivity contribution is 0.0742. The summed E-state index contributed by atoms with van der Waals surface area (Å²) in [5, 5.41) is 0. The molecule has 0 bridgehead atoms. The number of fused-ring (bicyclic) bond motifs is 2. The van der Waals surface area contributed by atoms with Gasteiger partial charge in [-0.2, -0.15) is 0 Å². The van der Waals surface area contributed by atoms with E-state index in [0.29, 0.717) is 35.8 Å². The van der Waals surface area contributed by atoms with Crippen molar-refractivity contribution in [3.05, 3.63) is 53.4 Å². The minimum Gasteiger partial charge on any atom is -0.486 e. The molecule has 2 aromatic carbocycles. The molecule has 3 aromatic rings. The predicted octanol–water partition coefficient (Wildman–Crippen LogP) is 4.56. The molecule has 0 fully saturated rings. The van der Waals surface area contributed by atoms with Crippen LogP contribution in [0.25, 0.3) is 11.1 Å². The zero-order chi connectivity index (χ0) is 19.8. The van der Waals surface area contributed by atoms with E-state index in [2.05, 4.69) is 4.98 Å². The van der Waals surface area contributed by atoms with Gasteiger partial charge in [-0.05, 0) is 42.8 Å². The average Bonchev–Trinajstić information content (AvgIpc) is 3.15. The number of hydrogen-bond donors (Lipinski definition) is 0. The molecular weight excluding hydrogens is 356 g/mol. The number of aromatic nitrogens is 1. The van der Waals surface area contributed by atoms with Gasteiger partial charge in [0, 0.05) is 18.5 Å². The Morgan fingerprint density at radius 2 is 1.79 bits per heavy atom. The molecule has 1 aliphatic heterocycles. The fourth-order valence-electron chi connectivity index (χ4n) is 3.25. The van der Waals surface area contributed by atoms with E-state index in [1.807, 2.05) is 45.0 Å². The first kappa shape index (κ1) is 18.3. The van der Waals surface area contributed by atoms with E-state index in [1.165, 1.54) is 0 Å². The molecule has 2 heterocycles. The van der Waals surface area contributed by atoms with Crippen molar-refractivity contribution < 1.29 is 18.7 Å². The Kier molecular flexibility index (Phi) is 4.71. The molecule has 1 unspecified atom stereocenters. The summed E-state index contributed by atoms with van der Waals surface area (Å²) in [5.41, 5.74) is 2.98. The molecule has 28 heavy (non-hydrogen) atoms. The third-order valence-corrected chi connectivity index (χ3v) is 5.09. The molecule has 6 heteroatoms. The first-order valence-electron chi connectivity index (χ1n) is 9.51. The molecule has 0 N–H and O–H groups in total. The summed E-state index contributed by atoms with van der Waals surface area (Å²) < 4.78 is 17.0. The molecule has 0 spiro atoms. The van der Waals surface area contributed by atoms with Crippen LogP contribution in [0.3, 0.4) is 0 Å². The fraction of sp³-hybridized carbons (Fsp3) is 0.364. The van der Waals surface area contributed by atoms with Gasteiger partial charge in [0.15, 0.2) is 23.0 Å². The zero-order valence-electron chi connectivity index (χ0n) is 16.6. The van der Waals surface area contributed by atoms with E-state index in [-0.39, 0.29) is 17.9 Å². The Bertz CT molecular complexity index is 1020. The molecule has 1 aromatic heterocycles. The van der Waals surface area contributed by atoms with E-state index in [1.54, 1.807) is 24.1 Å². The van der Waals surface area contributed by atoms with Gasteiger partial charge in [0.2, 0.25) is 0 Å². The zero-order valence-corrected chi connectivity index (χ0v) is 16.6. The third-order valence-electron chi connectivity index (χ3n) is 5.09. The van der Waals surface area contributed by atoms with Gasteiger partial charge in [-0.3, -0.25) is 4.79 Å². The fourth-order valence-corrected chi connectivity index (χ4v) is 3.25. The van der Waals surface area contributed by atoms with Crippen LogP contribution in [0.1, 0.15) is 54.5 Å². The summed E-state index contributed by atoms with van der Waals surface area (Å²) in [5.74, 6) is 2.27. The Hall–Kier alpha value is -3.02. The largest absolute Gasteiger partial charge is 0.486 e. The first-order chi connectivity index (χ1) is 13.4. The minimum absolute atomic E-state index is 0.0709. The molecule has 1 aliphatic rings. The second-order valence-corrected chi connectivity index (χ2v) is 7.38. The lowest BCUT2D eigenvalue weighted by Gasteiger charge is -2.27. The molecule has 1 atom stereocenters. The number of hydrogen-bond acceptors (Lipinski definition) is 5. The van der Waals surface area contributed by atoms with Gasteiger partial charge in [0.25, 0.3) is 5.91 Å². The van der Waals surface area contributed by atoms with Crippen molar-refractivity contribution in [1.29, 1.82) is 0 Å². The Balaban J connectivity index is 1.57. The number of oxazole rings is 1. The maximum atomic E-state index is 13.0. The maximum absolute atomic E-state index is 13.0. The second kappa shape index (κ2) is 7.19. The number of carbonyl (C=O) groups excluding carboxylic acids is 1. The van der Waals surface area contributed by atoms with Gasteiger partial charge in [-0.1, -0.05) is 19.9 Å². The lowest BCUT2D eigenvalue weighted by Crippen LogP contribution is -2.29. The molecule has 146 valence electrons. The standard InChI is InChI=1S/C22H24N2O4/c1-13(2)21-23-17-11-16(6-7-18(17)28-21)22(25)24(4)14(3)15-5-8-19-20(12-15)27-10-9-26-19/h5-8,11-14H,9-10H2,1-4H3. The Labute approximate surface area is 164 Å². The molecule has 0 radical (unpaired) electrons. The monoisotopic (exact) mass is 380 g/mol. The van der Waals surface area contributed by atoms with Crippen LogP contribution >= 0.6 is 0 Å². The summed E-state index contributed by atoms with van der Waals surface area (Å²) in [6, 6.07) is 11.1. The summed E-state index contributed by atoms with van der Waals surface area (Å²) in [6.07, 6.45) is 0. The average molecular weight is 380 g/mol. The number of ether oxygens (including phenoxy) is 2. The highest BCUT2D eigenvalue weighted by Gasteiger charge is 2.22. The van der Waals surface area contributed by atoms with E-state index < -0.39 is 0 Å². The molecule has 0 aliphatic carbocycles. The summed E-state index contributed by atoms with van der Waals surface area (Å²) >= 11 is 0. The first-order valence-corrected chi connectivity index (χ1v) is 9.51. The van der Waals surface area contributed by atoms with Crippen LogP contribution in [0.4, 0.5) is 0 Å². The second-order valence-electron chi connectivity index (χ2n) is 7.38. The van der Waals surface area contributed by atoms with Gasteiger partial charge in [-0.25, -0.2) is 4.98 Å². The molecule has 4 rings (SSSR count). The lowest BCUT2D eigenvalue weighted by atomic mass is 10.0. The van der Waals surface area contributed by atoms with E-state index in [4.69, 9.17) is 13.9 Å². The smallest absolute Gasteiger partial charge is 0.254 e. The van der Waals surface area contributed by atoms with Gasteiger partial charge in [-0.15, -0.1) is 0 Å². The van der Waals surface area contributed by atoms with Crippen molar-refractivity contribution in [3.63, 3.8) is 0 Å². The molecule has 1 amide bonds. The number of benzene rings is 2. The Morgan fingerprint density at radius 3 is 2.54 bits per heavy atom. The van der Waals surface area contributed by atoms with Crippen LogP contribution in [-0.4, -0.2) is 36.1 Å². The quantitative estimate of drug-likeness (QED) is 0.664. The van der Waals surface area contributed by atoms with Gasteiger partial charge in [0.05, 0.1) is 6.04 Å². The maximum Gasteiger partial charge on any atom is 0.254 e. The van der Waals surface area contributed by atoms with Crippen LogP contribution in [-0.2, 0) is 0 Å². The van der Waals surface area contributed by atoms with Gasteiger partial charge < -0.3 is 18.8 Å². The molecule has 0 saturated heterocycles. The highest BCUT2D eigenvalue weighted by atomic mass is 16.6. The van der Waals surface area contributed by atoms with Gasteiger partial charge >= 0.3 is 0 Å². The normalized spacial score (nSPS) is 14.3.